The van der Waals surface area contributed by atoms with Crippen molar-refractivity contribution < 1.29 is 14.3 Å². The second-order valence-electron chi connectivity index (χ2n) is 7.29. The first-order chi connectivity index (χ1) is 12.5. The normalized spacial score (nSPS) is 17.5. The van der Waals surface area contributed by atoms with Gasteiger partial charge in [0.15, 0.2) is 11.5 Å². The van der Waals surface area contributed by atoms with E-state index < -0.39 is 5.79 Å². The number of rotatable bonds is 4. The Bertz CT molecular complexity index is 822. The lowest BCUT2D eigenvalue weighted by molar-refractivity contribution is -0.116. The van der Waals surface area contributed by atoms with E-state index in [9.17, 15) is 4.79 Å². The number of aryl methyl sites for hydroxylation is 3. The number of benzene rings is 1. The molecular weight excluding hydrogens is 330 g/mol. The van der Waals surface area contributed by atoms with Gasteiger partial charge in [0.25, 0.3) is 5.79 Å². The molecule has 4 rings (SSSR count). The van der Waals surface area contributed by atoms with Crippen molar-refractivity contribution in [2.45, 2.75) is 64.7 Å². The van der Waals surface area contributed by atoms with Crippen LogP contribution < -0.4 is 14.8 Å². The fourth-order valence-corrected chi connectivity index (χ4v) is 3.80. The van der Waals surface area contributed by atoms with Crippen molar-refractivity contribution in [1.82, 2.24) is 9.78 Å². The summed E-state index contributed by atoms with van der Waals surface area (Å²) >= 11 is 0. The molecule has 2 heterocycles. The number of anilines is 1. The van der Waals surface area contributed by atoms with E-state index in [1.807, 2.05) is 42.8 Å². The molecule has 1 amide bonds. The highest BCUT2D eigenvalue weighted by Crippen LogP contribution is 2.46. The molecule has 1 N–H and O–H groups in total. The molecule has 6 heteroatoms. The smallest absolute Gasteiger partial charge is 0.251 e. The van der Waals surface area contributed by atoms with Crippen LogP contribution in [-0.2, 0) is 11.3 Å². The fraction of sp³-hybridized carbons (Fsp3) is 0.500. The van der Waals surface area contributed by atoms with Crippen LogP contribution in [0.5, 0.6) is 11.5 Å². The van der Waals surface area contributed by atoms with E-state index in [1.165, 1.54) is 6.42 Å². The lowest BCUT2D eigenvalue weighted by atomic mass is 9.94. The molecule has 0 saturated heterocycles. The average Bonchev–Trinajstić information content (AvgIpc) is 3.11. The number of carbonyl (C=O) groups is 1. The van der Waals surface area contributed by atoms with Crippen LogP contribution in [0.3, 0.4) is 0 Å². The van der Waals surface area contributed by atoms with E-state index in [4.69, 9.17) is 9.47 Å². The van der Waals surface area contributed by atoms with Gasteiger partial charge in [-0.1, -0.05) is 6.42 Å². The Morgan fingerprint density at radius 2 is 1.92 bits per heavy atom. The van der Waals surface area contributed by atoms with Crippen LogP contribution in [0.15, 0.2) is 24.3 Å². The molecule has 6 nitrogen and oxygen atoms in total. The van der Waals surface area contributed by atoms with Crippen molar-refractivity contribution in [2.24, 2.45) is 0 Å². The van der Waals surface area contributed by atoms with Gasteiger partial charge in [0, 0.05) is 43.3 Å². The van der Waals surface area contributed by atoms with Gasteiger partial charge in [0.1, 0.15) is 0 Å². The summed E-state index contributed by atoms with van der Waals surface area (Å²) in [6.45, 7) is 4.52. The predicted octanol–water partition coefficient (Wildman–Crippen LogP) is 3.96. The van der Waals surface area contributed by atoms with Gasteiger partial charge in [0.05, 0.1) is 5.69 Å². The van der Waals surface area contributed by atoms with Crippen molar-refractivity contribution in [2.75, 3.05) is 5.32 Å². The van der Waals surface area contributed by atoms with Crippen LogP contribution in [0.4, 0.5) is 5.69 Å². The second kappa shape index (κ2) is 6.67. The Kier molecular flexibility index (Phi) is 4.34. The van der Waals surface area contributed by atoms with Crippen molar-refractivity contribution in [3.8, 4) is 11.5 Å². The third-order valence-corrected chi connectivity index (χ3v) is 5.09. The highest BCUT2D eigenvalue weighted by molar-refractivity contribution is 5.91. The maximum absolute atomic E-state index is 12.3. The summed E-state index contributed by atoms with van der Waals surface area (Å²) < 4.78 is 14.0. The number of hydrogen-bond donors (Lipinski definition) is 1. The molecule has 2 aromatic rings. The summed E-state index contributed by atoms with van der Waals surface area (Å²) in [5, 5.41) is 7.33. The van der Waals surface area contributed by atoms with E-state index in [0.29, 0.717) is 13.0 Å². The van der Waals surface area contributed by atoms with E-state index in [0.717, 1.165) is 54.3 Å². The molecule has 138 valence electrons. The Labute approximate surface area is 153 Å². The fourth-order valence-electron chi connectivity index (χ4n) is 3.80. The molecule has 1 aliphatic carbocycles. The van der Waals surface area contributed by atoms with Gasteiger partial charge < -0.3 is 14.8 Å². The van der Waals surface area contributed by atoms with Gasteiger partial charge >= 0.3 is 0 Å². The zero-order valence-corrected chi connectivity index (χ0v) is 15.4. The van der Waals surface area contributed by atoms with Crippen molar-refractivity contribution in [1.29, 1.82) is 0 Å². The van der Waals surface area contributed by atoms with Crippen molar-refractivity contribution >= 4 is 11.6 Å². The number of fused-ring (bicyclic) bond motifs is 1. The van der Waals surface area contributed by atoms with Crippen LogP contribution in [-0.4, -0.2) is 21.5 Å². The molecule has 0 unspecified atom stereocenters. The lowest BCUT2D eigenvalue weighted by Crippen LogP contribution is -2.40. The standard InChI is InChI=1S/C20H25N3O3/c1-14-12-15(2)23(22-14)11-8-19(24)21-16-6-7-17-18(13-16)26-20(25-17)9-4-3-5-10-20/h6-7,12-13H,3-5,8-11H2,1-2H3,(H,21,24). The summed E-state index contributed by atoms with van der Waals surface area (Å²) in [6.07, 6.45) is 5.72. The Morgan fingerprint density at radius 3 is 2.65 bits per heavy atom. The zero-order valence-electron chi connectivity index (χ0n) is 15.4. The minimum atomic E-state index is -0.487. The zero-order chi connectivity index (χ0) is 18.1. The number of amides is 1. The minimum Gasteiger partial charge on any atom is -0.448 e. The lowest BCUT2D eigenvalue weighted by Gasteiger charge is -2.31. The SMILES string of the molecule is Cc1cc(C)n(CCC(=O)Nc2ccc3c(c2)OC2(CCCCC2)O3)n1. The highest BCUT2D eigenvalue weighted by Gasteiger charge is 2.42. The van der Waals surface area contributed by atoms with E-state index >= 15 is 0 Å². The molecule has 26 heavy (non-hydrogen) atoms. The molecular formula is C20H25N3O3. The van der Waals surface area contributed by atoms with Crippen LogP contribution in [0.1, 0.15) is 49.9 Å². The van der Waals surface area contributed by atoms with Crippen LogP contribution in [0.2, 0.25) is 0 Å². The van der Waals surface area contributed by atoms with Gasteiger partial charge in [-0.05, 0) is 44.9 Å². The molecule has 1 fully saturated rings. The molecule has 2 aliphatic rings. The van der Waals surface area contributed by atoms with Crippen LogP contribution in [0.25, 0.3) is 0 Å². The molecule has 1 saturated carbocycles. The first-order valence-corrected chi connectivity index (χ1v) is 9.36. The Hall–Kier alpha value is -2.50. The largest absolute Gasteiger partial charge is 0.448 e. The molecule has 1 aromatic carbocycles. The molecule has 0 bridgehead atoms. The molecule has 0 radical (unpaired) electrons. The molecule has 0 atom stereocenters. The van der Waals surface area contributed by atoms with E-state index in [2.05, 4.69) is 10.4 Å². The summed E-state index contributed by atoms with van der Waals surface area (Å²) in [6, 6.07) is 7.62. The van der Waals surface area contributed by atoms with Gasteiger partial charge in [-0.3, -0.25) is 9.48 Å². The Balaban J connectivity index is 1.37. The number of hydrogen-bond acceptors (Lipinski definition) is 4. The summed E-state index contributed by atoms with van der Waals surface area (Å²) in [5.74, 6) is 0.971. The van der Waals surface area contributed by atoms with Gasteiger partial charge in [-0.2, -0.15) is 5.10 Å². The average molecular weight is 355 g/mol. The predicted molar refractivity (Wildman–Crippen MR) is 98.5 cm³/mol. The summed E-state index contributed by atoms with van der Waals surface area (Å²) in [7, 11) is 0. The number of carbonyl (C=O) groups excluding carboxylic acids is 1. The maximum atomic E-state index is 12.3. The summed E-state index contributed by atoms with van der Waals surface area (Å²) in [4.78, 5) is 12.3. The van der Waals surface area contributed by atoms with Gasteiger partial charge in [0.2, 0.25) is 5.91 Å². The minimum absolute atomic E-state index is 0.0381. The second-order valence-corrected chi connectivity index (χ2v) is 7.29. The topological polar surface area (TPSA) is 65.4 Å². The Morgan fingerprint density at radius 1 is 1.15 bits per heavy atom. The number of ether oxygens (including phenoxy) is 2. The third-order valence-electron chi connectivity index (χ3n) is 5.09. The van der Waals surface area contributed by atoms with Crippen LogP contribution in [0, 0.1) is 13.8 Å². The van der Waals surface area contributed by atoms with E-state index in [-0.39, 0.29) is 5.91 Å². The first-order valence-electron chi connectivity index (χ1n) is 9.36. The molecule has 1 aliphatic heterocycles. The third kappa shape index (κ3) is 3.41. The first kappa shape index (κ1) is 16.9. The van der Waals surface area contributed by atoms with Gasteiger partial charge in [-0.25, -0.2) is 0 Å². The molecule has 1 spiro atoms. The van der Waals surface area contributed by atoms with Crippen LogP contribution >= 0.6 is 0 Å². The maximum Gasteiger partial charge on any atom is 0.251 e. The monoisotopic (exact) mass is 355 g/mol. The number of nitrogens with zero attached hydrogens (tertiary/aromatic N) is 2. The van der Waals surface area contributed by atoms with Gasteiger partial charge in [-0.15, -0.1) is 0 Å². The number of nitrogens with one attached hydrogen (secondary N) is 1. The number of aromatic nitrogens is 2. The van der Waals surface area contributed by atoms with Crippen molar-refractivity contribution in [3.05, 3.63) is 35.7 Å². The molecule has 1 aromatic heterocycles. The summed E-state index contributed by atoms with van der Waals surface area (Å²) in [5.41, 5.74) is 2.77. The highest BCUT2D eigenvalue weighted by atomic mass is 16.7. The van der Waals surface area contributed by atoms with Crippen molar-refractivity contribution in [3.63, 3.8) is 0 Å². The van der Waals surface area contributed by atoms with E-state index in [1.54, 1.807) is 0 Å². The quantitative estimate of drug-likeness (QED) is 0.901.